The van der Waals surface area contributed by atoms with Gasteiger partial charge in [0.25, 0.3) is 0 Å². The van der Waals surface area contributed by atoms with Crippen LogP contribution in [0.1, 0.15) is 10.4 Å². The lowest BCUT2D eigenvalue weighted by Crippen LogP contribution is -2.09. The Morgan fingerprint density at radius 1 is 1.23 bits per heavy atom. The van der Waals surface area contributed by atoms with Crippen molar-refractivity contribution in [1.29, 1.82) is 0 Å². The van der Waals surface area contributed by atoms with Crippen LogP contribution in [0.25, 0.3) is 11.1 Å². The molecule has 0 saturated carbocycles. The summed E-state index contributed by atoms with van der Waals surface area (Å²) in [6, 6.07) is 10.2. The number of hydrogen-bond donors (Lipinski definition) is 1. The van der Waals surface area contributed by atoms with Gasteiger partial charge in [0.1, 0.15) is 5.69 Å². The van der Waals surface area contributed by atoms with E-state index in [4.69, 9.17) is 0 Å². The van der Waals surface area contributed by atoms with Gasteiger partial charge in [-0.1, -0.05) is 34.1 Å². The number of nitrogens with zero attached hydrogens (tertiary/aromatic N) is 1. The molecule has 114 valence electrons. The second-order valence-electron chi connectivity index (χ2n) is 4.36. The molecular formula is C15H13BrN2O4. The minimum Gasteiger partial charge on any atom is -0.465 e. The first-order valence-electron chi connectivity index (χ1n) is 6.33. The summed E-state index contributed by atoms with van der Waals surface area (Å²) in [5.74, 6) is -0.633. The third-order valence-electron chi connectivity index (χ3n) is 3.18. The summed E-state index contributed by atoms with van der Waals surface area (Å²) in [6.45, 7) is 0. The van der Waals surface area contributed by atoms with E-state index in [1.165, 1.54) is 20.2 Å². The number of carbonyl (C=O) groups is 1. The predicted octanol–water partition coefficient (Wildman–Crippen LogP) is 3.85. The maximum absolute atomic E-state index is 11.8. The molecule has 0 spiro atoms. The van der Waals surface area contributed by atoms with Gasteiger partial charge in [-0.25, -0.2) is 4.79 Å². The summed E-state index contributed by atoms with van der Waals surface area (Å²) in [5.41, 5.74) is 1.16. The molecule has 0 fully saturated rings. The number of rotatable bonds is 4. The molecule has 0 heterocycles. The highest BCUT2D eigenvalue weighted by atomic mass is 79.9. The van der Waals surface area contributed by atoms with Gasteiger partial charge in [-0.15, -0.1) is 0 Å². The van der Waals surface area contributed by atoms with Gasteiger partial charge < -0.3 is 10.1 Å². The van der Waals surface area contributed by atoms with Crippen molar-refractivity contribution in [2.45, 2.75) is 0 Å². The highest BCUT2D eigenvalue weighted by Crippen LogP contribution is 2.41. The van der Waals surface area contributed by atoms with Crippen LogP contribution in [0.2, 0.25) is 0 Å². The van der Waals surface area contributed by atoms with Crippen LogP contribution < -0.4 is 5.32 Å². The summed E-state index contributed by atoms with van der Waals surface area (Å²) in [6.07, 6.45) is 0. The number of carbonyl (C=O) groups excluding carboxylic acids is 1. The zero-order valence-electron chi connectivity index (χ0n) is 11.9. The lowest BCUT2D eigenvalue weighted by molar-refractivity contribution is -0.383. The Balaban J connectivity index is 2.79. The summed E-state index contributed by atoms with van der Waals surface area (Å²) in [4.78, 5) is 22.8. The zero-order chi connectivity index (χ0) is 16.3. The average Bonchev–Trinajstić information content (AvgIpc) is 2.53. The molecule has 0 aromatic heterocycles. The predicted molar refractivity (Wildman–Crippen MR) is 87.1 cm³/mol. The molecule has 0 unspecified atom stereocenters. The maximum atomic E-state index is 11.8. The van der Waals surface area contributed by atoms with Crippen LogP contribution in [0.4, 0.5) is 11.4 Å². The number of methoxy groups -OCH3 is 1. The van der Waals surface area contributed by atoms with Crippen molar-refractivity contribution < 1.29 is 14.5 Å². The van der Waals surface area contributed by atoms with Gasteiger partial charge in [0.2, 0.25) is 0 Å². The number of nitrogens with one attached hydrogen (secondary N) is 1. The topological polar surface area (TPSA) is 81.5 Å². The van der Waals surface area contributed by atoms with Crippen LogP contribution in [-0.4, -0.2) is 25.1 Å². The number of hydrogen-bond acceptors (Lipinski definition) is 5. The van der Waals surface area contributed by atoms with Crippen molar-refractivity contribution in [3.63, 3.8) is 0 Å². The van der Waals surface area contributed by atoms with E-state index >= 15 is 0 Å². The Hall–Kier alpha value is -2.41. The number of esters is 1. The fourth-order valence-corrected chi connectivity index (χ4v) is 2.71. The standard InChI is InChI=1S/C15H13BrN2O4/c1-17-13-11(15(19)22-2)8-7-10(14(13)18(20)21)9-5-3-4-6-12(9)16/h3-8,17H,1-2H3. The van der Waals surface area contributed by atoms with Crippen molar-refractivity contribution in [3.8, 4) is 11.1 Å². The Kier molecular flexibility index (Phi) is 4.77. The molecule has 0 aliphatic rings. The smallest absolute Gasteiger partial charge is 0.340 e. The van der Waals surface area contributed by atoms with Crippen molar-refractivity contribution in [2.24, 2.45) is 0 Å². The molecule has 0 aliphatic heterocycles. The van der Waals surface area contributed by atoms with Crippen LogP contribution in [-0.2, 0) is 4.74 Å². The van der Waals surface area contributed by atoms with E-state index in [0.29, 0.717) is 11.1 Å². The van der Waals surface area contributed by atoms with E-state index in [1.807, 2.05) is 6.07 Å². The minimum atomic E-state index is -0.633. The fourth-order valence-electron chi connectivity index (χ4n) is 2.21. The molecule has 6 nitrogen and oxygen atoms in total. The fraction of sp³-hybridized carbons (Fsp3) is 0.133. The van der Waals surface area contributed by atoms with Crippen molar-refractivity contribution in [3.05, 3.63) is 56.5 Å². The van der Waals surface area contributed by atoms with E-state index in [-0.39, 0.29) is 16.9 Å². The van der Waals surface area contributed by atoms with E-state index < -0.39 is 10.9 Å². The lowest BCUT2D eigenvalue weighted by atomic mass is 9.99. The Morgan fingerprint density at radius 3 is 2.45 bits per heavy atom. The van der Waals surface area contributed by atoms with Crippen LogP contribution in [0.5, 0.6) is 0 Å². The van der Waals surface area contributed by atoms with Gasteiger partial charge in [-0.05, 0) is 18.2 Å². The molecule has 2 aromatic carbocycles. The third kappa shape index (κ3) is 2.80. The lowest BCUT2D eigenvalue weighted by Gasteiger charge is -2.12. The molecule has 1 N–H and O–H groups in total. The number of benzene rings is 2. The largest absolute Gasteiger partial charge is 0.465 e. The number of halogens is 1. The molecule has 22 heavy (non-hydrogen) atoms. The maximum Gasteiger partial charge on any atom is 0.340 e. The number of nitro groups is 1. The molecule has 0 amide bonds. The molecule has 0 aliphatic carbocycles. The van der Waals surface area contributed by atoms with E-state index in [1.54, 1.807) is 24.3 Å². The summed E-state index contributed by atoms with van der Waals surface area (Å²) in [7, 11) is 2.76. The van der Waals surface area contributed by atoms with Crippen LogP contribution in [0.3, 0.4) is 0 Å². The van der Waals surface area contributed by atoms with Crippen molar-refractivity contribution in [1.82, 2.24) is 0 Å². The van der Waals surface area contributed by atoms with Gasteiger partial charge in [0.15, 0.2) is 0 Å². The highest BCUT2D eigenvalue weighted by Gasteiger charge is 2.27. The number of nitro benzene ring substituents is 1. The van der Waals surface area contributed by atoms with E-state index in [0.717, 1.165) is 4.47 Å². The van der Waals surface area contributed by atoms with Crippen LogP contribution in [0.15, 0.2) is 40.9 Å². The zero-order valence-corrected chi connectivity index (χ0v) is 13.5. The van der Waals surface area contributed by atoms with Gasteiger partial charge >= 0.3 is 11.7 Å². The number of anilines is 1. The summed E-state index contributed by atoms with van der Waals surface area (Å²) in [5, 5.41) is 14.3. The average molecular weight is 365 g/mol. The Labute approximate surface area is 135 Å². The molecule has 0 saturated heterocycles. The van der Waals surface area contributed by atoms with Crippen LogP contribution in [0, 0.1) is 10.1 Å². The monoisotopic (exact) mass is 364 g/mol. The molecule has 0 radical (unpaired) electrons. The molecular weight excluding hydrogens is 352 g/mol. The summed E-state index contributed by atoms with van der Waals surface area (Å²) < 4.78 is 5.40. The minimum absolute atomic E-state index is 0.118. The third-order valence-corrected chi connectivity index (χ3v) is 3.87. The molecule has 0 bridgehead atoms. The summed E-state index contributed by atoms with van der Waals surface area (Å²) >= 11 is 3.39. The SMILES string of the molecule is CNc1c(C(=O)OC)ccc(-c2ccccc2Br)c1[N+](=O)[O-]. The van der Waals surface area contributed by atoms with E-state index in [2.05, 4.69) is 26.0 Å². The Morgan fingerprint density at radius 2 is 1.91 bits per heavy atom. The first kappa shape index (κ1) is 16.0. The molecule has 2 rings (SSSR count). The second kappa shape index (κ2) is 6.57. The van der Waals surface area contributed by atoms with Gasteiger partial charge in [0.05, 0.1) is 23.2 Å². The Bertz CT molecular complexity index is 746. The van der Waals surface area contributed by atoms with Gasteiger partial charge in [-0.3, -0.25) is 10.1 Å². The first-order chi connectivity index (χ1) is 10.5. The van der Waals surface area contributed by atoms with Crippen LogP contribution >= 0.6 is 15.9 Å². The molecule has 2 aromatic rings. The quantitative estimate of drug-likeness (QED) is 0.506. The molecule has 0 atom stereocenters. The number of ether oxygens (including phenoxy) is 1. The normalized spacial score (nSPS) is 10.1. The molecule has 7 heteroatoms. The van der Waals surface area contributed by atoms with Gasteiger partial charge in [0, 0.05) is 17.1 Å². The first-order valence-corrected chi connectivity index (χ1v) is 7.13. The van der Waals surface area contributed by atoms with Crippen molar-refractivity contribution >= 4 is 33.3 Å². The van der Waals surface area contributed by atoms with Gasteiger partial charge in [-0.2, -0.15) is 0 Å². The van der Waals surface area contributed by atoms with E-state index in [9.17, 15) is 14.9 Å². The van der Waals surface area contributed by atoms with Crippen molar-refractivity contribution in [2.75, 3.05) is 19.5 Å². The second-order valence-corrected chi connectivity index (χ2v) is 5.22. The highest BCUT2D eigenvalue weighted by molar-refractivity contribution is 9.10.